The molecule has 0 heterocycles. The zero-order valence-corrected chi connectivity index (χ0v) is 11.3. The molecule has 0 aliphatic heterocycles. The van der Waals surface area contributed by atoms with Crippen LogP contribution in [0.3, 0.4) is 0 Å². The van der Waals surface area contributed by atoms with Crippen LogP contribution in [0.1, 0.15) is 42.0 Å². The van der Waals surface area contributed by atoms with Gasteiger partial charge in [0, 0.05) is 5.56 Å². The quantitative estimate of drug-likeness (QED) is 0.816. The lowest BCUT2D eigenvalue weighted by molar-refractivity contribution is 0.868. The zero-order valence-electron chi connectivity index (χ0n) is 11.3. The summed E-state index contributed by atoms with van der Waals surface area (Å²) in [6, 6.07) is 8.62. The monoisotopic (exact) mass is 238 g/mol. The molecule has 0 atom stereocenters. The molecule has 2 rings (SSSR count). The minimum Gasteiger partial charge on any atom is -0.397 e. The fourth-order valence-corrected chi connectivity index (χ4v) is 2.37. The van der Waals surface area contributed by atoms with Gasteiger partial charge in [-0.25, -0.2) is 0 Å². The highest BCUT2D eigenvalue weighted by atomic mass is 14.6. The van der Waals surface area contributed by atoms with E-state index in [1.54, 1.807) is 0 Å². The lowest BCUT2D eigenvalue weighted by Gasteiger charge is -2.03. The number of nitrogen functional groups attached to an aromatic ring is 1. The van der Waals surface area contributed by atoms with E-state index in [1.807, 2.05) is 13.8 Å². The van der Waals surface area contributed by atoms with Crippen LogP contribution < -0.4 is 5.73 Å². The summed E-state index contributed by atoms with van der Waals surface area (Å²) in [6.07, 6.45) is 0. The normalized spacial score (nSPS) is 10.9. The van der Waals surface area contributed by atoms with Crippen LogP contribution in [0.2, 0.25) is 0 Å². The van der Waals surface area contributed by atoms with Crippen molar-refractivity contribution in [1.82, 2.24) is 0 Å². The van der Waals surface area contributed by atoms with Crippen LogP contribution in [0.5, 0.6) is 0 Å². The standard InChI is InChI=1S/C16H18N2/c1-9(2)12-6-5-10(3)15-13(7-12)11(4)16(18)14(15)8-17/h5-7,9H,18H2,1-4H3. The fraction of sp³-hybridized carbons (Fsp3) is 0.312. The fourth-order valence-electron chi connectivity index (χ4n) is 2.37. The number of nitrogens with two attached hydrogens (primary N) is 1. The highest BCUT2D eigenvalue weighted by Crippen LogP contribution is 2.40. The van der Waals surface area contributed by atoms with Crippen molar-refractivity contribution in [1.29, 1.82) is 5.26 Å². The molecule has 2 heteroatoms. The molecule has 0 aromatic carbocycles. The Morgan fingerprint density at radius 1 is 1.22 bits per heavy atom. The third-order valence-electron chi connectivity index (χ3n) is 3.61. The van der Waals surface area contributed by atoms with E-state index in [2.05, 4.69) is 38.1 Å². The number of hydrogen-bond acceptors (Lipinski definition) is 2. The van der Waals surface area contributed by atoms with Crippen LogP contribution in [0, 0.1) is 25.2 Å². The van der Waals surface area contributed by atoms with Crippen molar-refractivity contribution in [2.24, 2.45) is 0 Å². The number of nitrogens with zero attached hydrogens (tertiary/aromatic N) is 1. The number of nitriles is 1. The topological polar surface area (TPSA) is 49.8 Å². The van der Waals surface area contributed by atoms with Crippen LogP contribution >= 0.6 is 0 Å². The Labute approximate surface area is 108 Å². The number of rotatable bonds is 1. The van der Waals surface area contributed by atoms with E-state index in [4.69, 9.17) is 5.73 Å². The van der Waals surface area contributed by atoms with Crippen molar-refractivity contribution >= 4 is 5.69 Å². The first-order valence-electron chi connectivity index (χ1n) is 6.19. The Bertz CT molecular complexity index is 618. The van der Waals surface area contributed by atoms with E-state index >= 15 is 0 Å². The molecule has 2 aliphatic carbocycles. The maximum absolute atomic E-state index is 9.28. The molecule has 0 unspecified atom stereocenters. The van der Waals surface area contributed by atoms with Crippen molar-refractivity contribution in [3.63, 3.8) is 0 Å². The predicted octanol–water partition coefficient (Wildman–Crippen LogP) is 3.99. The van der Waals surface area contributed by atoms with Crippen LogP contribution in [0.4, 0.5) is 5.69 Å². The second kappa shape index (κ2) is 4.34. The van der Waals surface area contributed by atoms with Crippen LogP contribution in [-0.2, 0) is 0 Å². The largest absolute Gasteiger partial charge is 0.397 e. The van der Waals surface area contributed by atoms with Crippen molar-refractivity contribution < 1.29 is 0 Å². The second-order valence-corrected chi connectivity index (χ2v) is 5.13. The van der Waals surface area contributed by atoms with E-state index in [1.165, 1.54) is 5.56 Å². The van der Waals surface area contributed by atoms with Gasteiger partial charge in [-0.15, -0.1) is 0 Å². The molecule has 0 saturated heterocycles. The average Bonchev–Trinajstić information content (AvgIpc) is 2.48. The molecule has 0 saturated carbocycles. The molecular weight excluding hydrogens is 220 g/mol. The highest BCUT2D eigenvalue weighted by Gasteiger charge is 2.20. The van der Waals surface area contributed by atoms with Crippen molar-refractivity contribution in [2.45, 2.75) is 33.6 Å². The summed E-state index contributed by atoms with van der Waals surface area (Å²) in [5, 5.41) is 9.28. The van der Waals surface area contributed by atoms with Crippen molar-refractivity contribution in [3.05, 3.63) is 40.5 Å². The van der Waals surface area contributed by atoms with Gasteiger partial charge in [0.05, 0.1) is 11.3 Å². The Kier molecular flexibility index (Phi) is 3.00. The van der Waals surface area contributed by atoms with Gasteiger partial charge in [-0.05, 0) is 42.0 Å². The predicted molar refractivity (Wildman–Crippen MR) is 75.8 cm³/mol. The maximum Gasteiger partial charge on any atom is 0.102 e. The number of fused-ring (bicyclic) bond motifs is 1. The molecule has 0 bridgehead atoms. The number of aryl methyl sites for hydroxylation is 1. The van der Waals surface area contributed by atoms with Gasteiger partial charge in [0.1, 0.15) is 6.07 Å². The lowest BCUT2D eigenvalue weighted by Crippen LogP contribution is -1.87. The Hall–Kier alpha value is -2.01. The van der Waals surface area contributed by atoms with Gasteiger partial charge in [0.15, 0.2) is 0 Å². The molecule has 2 nitrogen and oxygen atoms in total. The van der Waals surface area contributed by atoms with Gasteiger partial charge in [0.2, 0.25) is 0 Å². The van der Waals surface area contributed by atoms with Gasteiger partial charge in [0.25, 0.3) is 0 Å². The summed E-state index contributed by atoms with van der Waals surface area (Å²) >= 11 is 0. The molecular formula is C16H18N2. The van der Waals surface area contributed by atoms with Gasteiger partial charge in [-0.1, -0.05) is 32.0 Å². The Morgan fingerprint density at radius 3 is 2.44 bits per heavy atom. The summed E-state index contributed by atoms with van der Waals surface area (Å²) in [7, 11) is 0. The van der Waals surface area contributed by atoms with Gasteiger partial charge in [-0.3, -0.25) is 0 Å². The number of anilines is 1. The Balaban J connectivity index is 2.89. The molecule has 0 aromatic heterocycles. The van der Waals surface area contributed by atoms with Gasteiger partial charge < -0.3 is 5.73 Å². The van der Waals surface area contributed by atoms with Crippen molar-refractivity contribution in [3.8, 4) is 17.2 Å². The molecule has 0 aromatic rings. The van der Waals surface area contributed by atoms with E-state index in [0.717, 1.165) is 22.3 Å². The van der Waals surface area contributed by atoms with Crippen molar-refractivity contribution in [2.75, 3.05) is 5.73 Å². The molecule has 0 spiro atoms. The van der Waals surface area contributed by atoms with Gasteiger partial charge in [-0.2, -0.15) is 5.26 Å². The van der Waals surface area contributed by atoms with Crippen LogP contribution in [0.15, 0.2) is 18.2 Å². The lowest BCUT2D eigenvalue weighted by atomic mass is 10.0. The number of hydrogen-bond donors (Lipinski definition) is 1. The smallest absolute Gasteiger partial charge is 0.102 e. The summed E-state index contributed by atoms with van der Waals surface area (Å²) < 4.78 is 0. The molecule has 2 N–H and O–H groups in total. The molecule has 92 valence electrons. The Morgan fingerprint density at radius 2 is 1.89 bits per heavy atom. The molecule has 0 amide bonds. The second-order valence-electron chi connectivity index (χ2n) is 5.13. The molecule has 18 heavy (non-hydrogen) atoms. The third-order valence-corrected chi connectivity index (χ3v) is 3.61. The zero-order chi connectivity index (χ0) is 13.4. The molecule has 0 radical (unpaired) electrons. The summed E-state index contributed by atoms with van der Waals surface area (Å²) in [6.45, 7) is 8.36. The summed E-state index contributed by atoms with van der Waals surface area (Å²) in [5.74, 6) is 0.459. The van der Waals surface area contributed by atoms with Crippen LogP contribution in [0.25, 0.3) is 11.1 Å². The van der Waals surface area contributed by atoms with E-state index < -0.39 is 0 Å². The first kappa shape index (κ1) is 12.4. The van der Waals surface area contributed by atoms with E-state index in [-0.39, 0.29) is 0 Å². The summed E-state index contributed by atoms with van der Waals surface area (Å²) in [4.78, 5) is 0. The van der Waals surface area contributed by atoms with E-state index in [9.17, 15) is 5.26 Å². The molecule has 0 fully saturated rings. The minimum absolute atomic E-state index is 0.459. The SMILES string of the molecule is Cc1ccc(C(C)C)cc2c(C)c(N)c(C#N)c1-2. The minimum atomic E-state index is 0.459. The molecule has 2 aliphatic rings. The first-order chi connectivity index (χ1) is 8.47. The first-order valence-corrected chi connectivity index (χ1v) is 6.19. The van der Waals surface area contributed by atoms with E-state index in [0.29, 0.717) is 17.2 Å². The highest BCUT2D eigenvalue weighted by molar-refractivity contribution is 5.89. The average molecular weight is 238 g/mol. The maximum atomic E-state index is 9.28. The summed E-state index contributed by atoms with van der Waals surface area (Å²) in [5.41, 5.74) is 12.8. The third kappa shape index (κ3) is 1.73. The van der Waals surface area contributed by atoms with Crippen LogP contribution in [-0.4, -0.2) is 0 Å². The van der Waals surface area contributed by atoms with Gasteiger partial charge >= 0.3 is 0 Å².